The van der Waals surface area contributed by atoms with Crippen LogP contribution in [0.1, 0.15) is 0 Å². The Hall–Kier alpha value is -0.890. The van der Waals surface area contributed by atoms with Gasteiger partial charge in [0.25, 0.3) is 0 Å². The van der Waals surface area contributed by atoms with E-state index in [1.54, 1.807) is 12.1 Å². The van der Waals surface area contributed by atoms with E-state index in [-0.39, 0.29) is 0 Å². The van der Waals surface area contributed by atoms with Crippen LogP contribution in [0.25, 0.3) is 0 Å². The van der Waals surface area contributed by atoms with Gasteiger partial charge in [0.15, 0.2) is 0 Å². The molecule has 0 saturated heterocycles. The molecular weight excluding hydrogens is 136 g/mol. The summed E-state index contributed by atoms with van der Waals surface area (Å²) >= 11 is 5.59. The Morgan fingerprint density at radius 2 is 2.11 bits per heavy atom. The third kappa shape index (κ3) is 1.27. The Morgan fingerprint density at radius 3 is 2.56 bits per heavy atom. The van der Waals surface area contributed by atoms with E-state index >= 15 is 0 Å². The molecule has 1 rings (SSSR count). The van der Waals surface area contributed by atoms with Gasteiger partial charge in [-0.3, -0.25) is 0 Å². The summed E-state index contributed by atoms with van der Waals surface area (Å²) in [5, 5.41) is 0.478. The lowest BCUT2D eigenvalue weighted by Crippen LogP contribution is -1.89. The SMILES string of the molecule is Nc1[c]cc(N)c(Cl)c1. The lowest BCUT2D eigenvalue weighted by molar-refractivity contribution is 1.65. The highest BCUT2D eigenvalue weighted by Gasteiger charge is 1.93. The molecule has 4 N–H and O–H groups in total. The van der Waals surface area contributed by atoms with Gasteiger partial charge >= 0.3 is 0 Å². The molecule has 2 nitrogen and oxygen atoms in total. The summed E-state index contributed by atoms with van der Waals surface area (Å²) in [4.78, 5) is 0. The van der Waals surface area contributed by atoms with Crippen LogP contribution in [0.15, 0.2) is 12.1 Å². The second-order valence-corrected chi connectivity index (χ2v) is 2.10. The first-order chi connectivity index (χ1) is 4.20. The van der Waals surface area contributed by atoms with Crippen LogP contribution in [-0.4, -0.2) is 0 Å². The normalized spacial score (nSPS) is 9.44. The average molecular weight is 142 g/mol. The van der Waals surface area contributed by atoms with Crippen molar-refractivity contribution in [3.63, 3.8) is 0 Å². The minimum atomic E-state index is 0.478. The maximum atomic E-state index is 5.59. The zero-order valence-electron chi connectivity index (χ0n) is 4.69. The molecule has 0 aliphatic carbocycles. The van der Waals surface area contributed by atoms with Crippen LogP contribution in [0.5, 0.6) is 0 Å². The number of nitrogens with two attached hydrogens (primary N) is 2. The standard InChI is InChI=1S/C6H6ClN2/c7-5-3-4(8)1-2-6(5)9/h2-3H,8-9H2. The van der Waals surface area contributed by atoms with Crippen molar-refractivity contribution >= 4 is 23.0 Å². The molecule has 3 heteroatoms. The molecule has 0 amide bonds. The largest absolute Gasteiger partial charge is 0.398 e. The van der Waals surface area contributed by atoms with Crippen LogP contribution in [-0.2, 0) is 0 Å². The fraction of sp³-hybridized carbons (Fsp3) is 0. The van der Waals surface area contributed by atoms with Crippen molar-refractivity contribution in [3.05, 3.63) is 23.2 Å². The van der Waals surface area contributed by atoms with Gasteiger partial charge < -0.3 is 11.5 Å². The molecule has 0 atom stereocenters. The van der Waals surface area contributed by atoms with Crippen molar-refractivity contribution in [1.82, 2.24) is 0 Å². The minimum absolute atomic E-state index is 0.478. The van der Waals surface area contributed by atoms with E-state index < -0.39 is 0 Å². The van der Waals surface area contributed by atoms with Crippen molar-refractivity contribution in [2.75, 3.05) is 11.5 Å². The fourth-order valence-corrected chi connectivity index (χ4v) is 0.664. The first-order valence-corrected chi connectivity index (χ1v) is 2.80. The molecule has 0 heterocycles. The van der Waals surface area contributed by atoms with Gasteiger partial charge in [-0.25, -0.2) is 0 Å². The lowest BCUT2D eigenvalue weighted by Gasteiger charge is -1.95. The molecule has 0 spiro atoms. The Kier molecular flexibility index (Phi) is 1.49. The van der Waals surface area contributed by atoms with Gasteiger partial charge in [-0.1, -0.05) is 11.6 Å². The van der Waals surface area contributed by atoms with Crippen molar-refractivity contribution in [2.24, 2.45) is 0 Å². The summed E-state index contributed by atoms with van der Waals surface area (Å²) in [6.45, 7) is 0. The Balaban J connectivity index is 3.17. The Labute approximate surface area is 58.4 Å². The third-order valence-electron chi connectivity index (χ3n) is 0.952. The molecule has 9 heavy (non-hydrogen) atoms. The highest BCUT2D eigenvalue weighted by molar-refractivity contribution is 6.33. The number of halogens is 1. The van der Waals surface area contributed by atoms with Crippen molar-refractivity contribution in [1.29, 1.82) is 0 Å². The summed E-state index contributed by atoms with van der Waals surface area (Å²) < 4.78 is 0. The van der Waals surface area contributed by atoms with Crippen LogP contribution in [0.3, 0.4) is 0 Å². The smallest absolute Gasteiger partial charge is 0.0656 e. The number of nitrogen functional groups attached to an aromatic ring is 2. The molecule has 0 saturated carbocycles. The molecule has 0 aliphatic heterocycles. The Morgan fingerprint density at radius 1 is 1.44 bits per heavy atom. The van der Waals surface area contributed by atoms with Gasteiger partial charge in [0.2, 0.25) is 0 Å². The van der Waals surface area contributed by atoms with E-state index in [1.807, 2.05) is 0 Å². The minimum Gasteiger partial charge on any atom is -0.398 e. The van der Waals surface area contributed by atoms with Crippen LogP contribution in [0.4, 0.5) is 11.4 Å². The van der Waals surface area contributed by atoms with E-state index in [4.69, 9.17) is 23.1 Å². The monoisotopic (exact) mass is 141 g/mol. The Bertz CT molecular complexity index is 222. The summed E-state index contributed by atoms with van der Waals surface area (Å²) in [5.74, 6) is 0. The number of anilines is 2. The van der Waals surface area contributed by atoms with Crippen molar-refractivity contribution < 1.29 is 0 Å². The molecule has 0 unspecified atom stereocenters. The molecule has 47 valence electrons. The highest BCUT2D eigenvalue weighted by Crippen LogP contribution is 2.19. The van der Waals surface area contributed by atoms with Crippen LogP contribution in [0, 0.1) is 6.07 Å². The zero-order valence-corrected chi connectivity index (χ0v) is 5.44. The zero-order chi connectivity index (χ0) is 6.85. The van der Waals surface area contributed by atoms with Gasteiger partial charge in [0.1, 0.15) is 0 Å². The summed E-state index contributed by atoms with van der Waals surface area (Å²) in [7, 11) is 0. The van der Waals surface area contributed by atoms with Crippen LogP contribution in [0.2, 0.25) is 5.02 Å². The van der Waals surface area contributed by atoms with Gasteiger partial charge in [-0.05, 0) is 12.1 Å². The first-order valence-electron chi connectivity index (χ1n) is 2.42. The van der Waals surface area contributed by atoms with E-state index in [1.165, 1.54) is 0 Å². The molecular formula is C6H6ClN2. The van der Waals surface area contributed by atoms with Gasteiger partial charge in [-0.15, -0.1) is 0 Å². The first kappa shape index (κ1) is 6.23. The van der Waals surface area contributed by atoms with E-state index in [9.17, 15) is 0 Å². The van der Waals surface area contributed by atoms with E-state index in [0.29, 0.717) is 16.4 Å². The molecule has 0 fully saturated rings. The van der Waals surface area contributed by atoms with Gasteiger partial charge in [0, 0.05) is 11.8 Å². The predicted octanol–water partition coefficient (Wildman–Crippen LogP) is 1.30. The number of rotatable bonds is 0. The van der Waals surface area contributed by atoms with Gasteiger partial charge in [-0.2, -0.15) is 0 Å². The summed E-state index contributed by atoms with van der Waals surface area (Å²) in [6, 6.07) is 5.83. The van der Waals surface area contributed by atoms with Crippen molar-refractivity contribution in [3.8, 4) is 0 Å². The molecule has 0 aromatic heterocycles. The van der Waals surface area contributed by atoms with Crippen LogP contribution >= 0.6 is 11.6 Å². The molecule has 1 aromatic carbocycles. The van der Waals surface area contributed by atoms with Gasteiger partial charge in [0.05, 0.1) is 10.7 Å². The van der Waals surface area contributed by atoms with E-state index in [2.05, 4.69) is 6.07 Å². The fourth-order valence-electron chi connectivity index (χ4n) is 0.492. The number of hydrogen-bond acceptors (Lipinski definition) is 2. The topological polar surface area (TPSA) is 52.0 Å². The number of benzene rings is 1. The number of hydrogen-bond donors (Lipinski definition) is 2. The predicted molar refractivity (Wildman–Crippen MR) is 39.1 cm³/mol. The molecule has 0 bridgehead atoms. The summed E-state index contributed by atoms with van der Waals surface area (Å²) in [6.07, 6.45) is 0. The molecule has 1 radical (unpaired) electrons. The average Bonchev–Trinajstić information content (AvgIpc) is 1.80. The second kappa shape index (κ2) is 2.15. The quantitative estimate of drug-likeness (QED) is 0.536. The summed E-state index contributed by atoms with van der Waals surface area (Å²) in [5.41, 5.74) is 11.7. The van der Waals surface area contributed by atoms with E-state index in [0.717, 1.165) is 0 Å². The molecule has 1 aromatic rings. The lowest BCUT2D eigenvalue weighted by atomic mass is 10.3. The maximum absolute atomic E-state index is 5.59. The van der Waals surface area contributed by atoms with Crippen LogP contribution < -0.4 is 11.5 Å². The maximum Gasteiger partial charge on any atom is 0.0656 e. The highest BCUT2D eigenvalue weighted by atomic mass is 35.5. The molecule has 0 aliphatic rings. The second-order valence-electron chi connectivity index (χ2n) is 1.69. The van der Waals surface area contributed by atoms with Crippen molar-refractivity contribution in [2.45, 2.75) is 0 Å². The third-order valence-corrected chi connectivity index (χ3v) is 1.28.